The first-order valence-electron chi connectivity index (χ1n) is 13.0. The molecule has 0 aromatic heterocycles. The third-order valence-electron chi connectivity index (χ3n) is 7.46. The maximum Gasteiger partial charge on any atom is 0.249 e. The highest BCUT2D eigenvalue weighted by atomic mass is 32.2. The van der Waals surface area contributed by atoms with E-state index in [0.717, 1.165) is 52.5 Å². The zero-order chi connectivity index (χ0) is 26.1. The molecule has 192 valence electrons. The molecule has 2 unspecified atom stereocenters. The molecule has 3 heterocycles. The highest BCUT2D eigenvalue weighted by Crippen LogP contribution is 2.47. The number of hydrogen-bond acceptors (Lipinski definition) is 5. The third-order valence-corrected chi connectivity index (χ3v) is 8.66. The van der Waals surface area contributed by atoms with Crippen LogP contribution in [0.15, 0.2) is 57.2 Å². The predicted molar refractivity (Wildman–Crippen MR) is 148 cm³/mol. The van der Waals surface area contributed by atoms with Crippen molar-refractivity contribution >= 4 is 34.1 Å². The van der Waals surface area contributed by atoms with Gasteiger partial charge in [0.2, 0.25) is 5.91 Å². The number of halogens is 1. The van der Waals surface area contributed by atoms with Gasteiger partial charge in [-0.05, 0) is 74.8 Å². The molecule has 0 aliphatic carbocycles. The molecule has 1 fully saturated rings. The van der Waals surface area contributed by atoms with Gasteiger partial charge >= 0.3 is 0 Å². The Hall–Kier alpha value is -2.67. The van der Waals surface area contributed by atoms with Gasteiger partial charge < -0.3 is 9.80 Å². The fourth-order valence-electron chi connectivity index (χ4n) is 5.34. The molecule has 3 aliphatic heterocycles. The summed E-state index contributed by atoms with van der Waals surface area (Å²) in [5, 5.41) is 9.45. The Morgan fingerprint density at radius 2 is 1.86 bits per heavy atom. The first-order chi connectivity index (χ1) is 17.2. The van der Waals surface area contributed by atoms with Crippen LogP contribution >= 0.6 is 11.8 Å². The standard InChI is InChI=1S/C29H37FN4OS/c1-7-18-12-15-24-28(34(17(4)5)23(9-3)29(35)33(24)6)32-25(18)26-22(16-19(8-2)27(31)36-26)20-10-13-21(30)14-11-20/h10-11,13-15,17,19,23,31H,7-9,12,16H2,1-6H3. The molecule has 0 spiro atoms. The molecule has 0 radical (unpaired) electrons. The summed E-state index contributed by atoms with van der Waals surface area (Å²) in [4.78, 5) is 23.5. The second-order valence-corrected chi connectivity index (χ2v) is 11.0. The number of hydrogen-bond donors (Lipinski definition) is 1. The summed E-state index contributed by atoms with van der Waals surface area (Å²) in [7, 11) is 1.85. The normalized spacial score (nSPS) is 23.2. The van der Waals surface area contributed by atoms with Crippen molar-refractivity contribution in [1.29, 1.82) is 5.41 Å². The summed E-state index contributed by atoms with van der Waals surface area (Å²) in [6, 6.07) is 6.54. The monoisotopic (exact) mass is 508 g/mol. The van der Waals surface area contributed by atoms with E-state index < -0.39 is 0 Å². The molecule has 1 amide bonds. The minimum absolute atomic E-state index is 0.101. The smallest absolute Gasteiger partial charge is 0.249 e. The Bertz CT molecular complexity index is 1180. The topological polar surface area (TPSA) is 59.8 Å². The summed E-state index contributed by atoms with van der Waals surface area (Å²) in [6.45, 7) is 10.5. The molecular weight excluding hydrogens is 471 g/mol. The van der Waals surface area contributed by atoms with Crippen molar-refractivity contribution < 1.29 is 9.18 Å². The van der Waals surface area contributed by atoms with Crippen molar-refractivity contribution in [2.24, 2.45) is 10.9 Å². The first-order valence-corrected chi connectivity index (χ1v) is 13.9. The summed E-state index contributed by atoms with van der Waals surface area (Å²) < 4.78 is 13.8. The summed E-state index contributed by atoms with van der Waals surface area (Å²) in [5.41, 5.74) is 5.05. The number of nitrogens with zero attached hydrogens (tertiary/aromatic N) is 3. The van der Waals surface area contributed by atoms with Crippen molar-refractivity contribution in [2.45, 2.75) is 78.8 Å². The van der Waals surface area contributed by atoms with Crippen molar-refractivity contribution in [3.05, 3.63) is 63.6 Å². The predicted octanol–water partition coefficient (Wildman–Crippen LogP) is 6.99. The van der Waals surface area contributed by atoms with Crippen LogP contribution in [0.1, 0.15) is 72.3 Å². The average molecular weight is 509 g/mol. The van der Waals surface area contributed by atoms with Gasteiger partial charge in [-0.15, -0.1) is 0 Å². The van der Waals surface area contributed by atoms with Gasteiger partial charge in [0.1, 0.15) is 11.9 Å². The maximum absolute atomic E-state index is 13.8. The Balaban J connectivity index is 1.96. The van der Waals surface area contributed by atoms with Crippen LogP contribution in [-0.4, -0.2) is 45.7 Å². The fraction of sp³-hybridized carbons (Fsp3) is 0.483. The lowest BCUT2D eigenvalue weighted by atomic mass is 9.90. The average Bonchev–Trinajstić information content (AvgIpc) is 3.06. The number of benzene rings is 1. The zero-order valence-electron chi connectivity index (χ0n) is 22.2. The van der Waals surface area contributed by atoms with E-state index in [4.69, 9.17) is 10.4 Å². The van der Waals surface area contributed by atoms with E-state index in [-0.39, 0.29) is 29.7 Å². The molecule has 0 bridgehead atoms. The van der Waals surface area contributed by atoms with Crippen LogP contribution in [0.25, 0.3) is 5.57 Å². The van der Waals surface area contributed by atoms with Crippen molar-refractivity contribution in [2.75, 3.05) is 7.05 Å². The summed E-state index contributed by atoms with van der Waals surface area (Å²) in [5.74, 6) is 0.817. The van der Waals surface area contributed by atoms with Gasteiger partial charge in [0.25, 0.3) is 0 Å². The lowest BCUT2D eigenvalue weighted by Crippen LogP contribution is -2.59. The van der Waals surface area contributed by atoms with Crippen LogP contribution in [0.4, 0.5) is 4.39 Å². The molecule has 7 heteroatoms. The van der Waals surface area contributed by atoms with Gasteiger partial charge in [-0.1, -0.05) is 50.7 Å². The number of thioether (sulfide) groups is 1. The van der Waals surface area contributed by atoms with E-state index in [1.54, 1.807) is 4.90 Å². The molecule has 36 heavy (non-hydrogen) atoms. The van der Waals surface area contributed by atoms with Gasteiger partial charge in [0.15, 0.2) is 5.84 Å². The highest BCUT2D eigenvalue weighted by Gasteiger charge is 2.41. The van der Waals surface area contributed by atoms with E-state index in [1.807, 2.05) is 26.1 Å². The molecule has 3 aliphatic rings. The van der Waals surface area contributed by atoms with Gasteiger partial charge in [-0.3, -0.25) is 10.2 Å². The number of aliphatic imine (C=N–C) groups is 1. The van der Waals surface area contributed by atoms with Crippen LogP contribution < -0.4 is 0 Å². The van der Waals surface area contributed by atoms with Crippen LogP contribution in [0.3, 0.4) is 0 Å². The third kappa shape index (κ3) is 4.70. The number of nitrogens with one attached hydrogen (secondary N) is 1. The van der Waals surface area contributed by atoms with E-state index in [1.165, 1.54) is 29.5 Å². The number of carbonyl (C=O) groups is 1. The van der Waals surface area contributed by atoms with Crippen molar-refractivity contribution in [3.8, 4) is 0 Å². The van der Waals surface area contributed by atoms with E-state index in [2.05, 4.69) is 38.7 Å². The number of fused-ring (bicyclic) bond motifs is 1. The molecule has 1 saturated heterocycles. The fourth-order valence-corrected chi connectivity index (χ4v) is 6.59. The van der Waals surface area contributed by atoms with Gasteiger partial charge in [0, 0.05) is 23.9 Å². The Kier molecular flexibility index (Phi) is 7.88. The number of likely N-dealkylation sites (N-methyl/N-ethyl adjacent to an activating group) is 1. The SMILES string of the molecule is CCC1=C(C2=C(c3ccc(F)cc3)CC(CC)C(=N)S2)N=C2C(=CC1)N(C)C(=O)C(CC)N2C(C)C. The molecule has 0 saturated carbocycles. The summed E-state index contributed by atoms with van der Waals surface area (Å²) in [6.07, 6.45) is 5.97. The lowest BCUT2D eigenvalue weighted by molar-refractivity contribution is -0.134. The molecule has 4 rings (SSSR count). The largest absolute Gasteiger partial charge is 0.340 e. The first kappa shape index (κ1) is 26.4. The minimum atomic E-state index is -0.261. The van der Waals surface area contributed by atoms with E-state index in [9.17, 15) is 9.18 Å². The van der Waals surface area contributed by atoms with Gasteiger partial charge in [0.05, 0.1) is 16.4 Å². The van der Waals surface area contributed by atoms with E-state index >= 15 is 0 Å². The highest BCUT2D eigenvalue weighted by molar-refractivity contribution is 8.17. The van der Waals surface area contributed by atoms with Gasteiger partial charge in [-0.25, -0.2) is 9.38 Å². The number of carbonyl (C=O) groups excluding carboxylic acids is 1. The number of piperazine rings is 1. The maximum atomic E-state index is 13.8. The van der Waals surface area contributed by atoms with Crippen LogP contribution in [0.5, 0.6) is 0 Å². The number of amides is 1. The molecule has 5 nitrogen and oxygen atoms in total. The van der Waals surface area contributed by atoms with E-state index in [0.29, 0.717) is 17.9 Å². The van der Waals surface area contributed by atoms with Gasteiger partial charge in [-0.2, -0.15) is 0 Å². The van der Waals surface area contributed by atoms with Crippen LogP contribution in [-0.2, 0) is 4.79 Å². The van der Waals surface area contributed by atoms with Crippen LogP contribution in [0, 0.1) is 17.1 Å². The minimum Gasteiger partial charge on any atom is -0.340 e. The molecule has 2 atom stereocenters. The molecular formula is C29H37FN4OS. The molecule has 1 aromatic rings. The lowest BCUT2D eigenvalue weighted by Gasteiger charge is -2.44. The number of allylic oxidation sites excluding steroid dienone is 3. The number of rotatable bonds is 6. The Morgan fingerprint density at radius 1 is 1.17 bits per heavy atom. The second-order valence-electron chi connectivity index (χ2n) is 9.95. The molecule has 1 aromatic carbocycles. The Labute approximate surface area is 218 Å². The Morgan fingerprint density at radius 3 is 2.44 bits per heavy atom. The van der Waals surface area contributed by atoms with Crippen molar-refractivity contribution in [1.82, 2.24) is 9.80 Å². The molecule has 1 N–H and O–H groups in total. The second kappa shape index (κ2) is 10.8. The zero-order valence-corrected chi connectivity index (χ0v) is 23.0. The summed E-state index contributed by atoms with van der Waals surface area (Å²) >= 11 is 1.50. The number of amidine groups is 1. The quantitative estimate of drug-likeness (QED) is 0.451. The van der Waals surface area contributed by atoms with Crippen molar-refractivity contribution in [3.63, 3.8) is 0 Å². The van der Waals surface area contributed by atoms with Crippen LogP contribution in [0.2, 0.25) is 0 Å².